The predicted octanol–water partition coefficient (Wildman–Crippen LogP) is 0.276. The Bertz CT molecular complexity index is 557. The van der Waals surface area contributed by atoms with E-state index in [9.17, 15) is 18.0 Å². The van der Waals surface area contributed by atoms with Gasteiger partial charge in [0, 0.05) is 64.5 Å². The molecule has 0 saturated carbocycles. The summed E-state index contributed by atoms with van der Waals surface area (Å²) < 4.78 is 27.8. The molecule has 0 spiro atoms. The molecule has 0 radical (unpaired) electrons. The van der Waals surface area contributed by atoms with Crippen molar-refractivity contribution < 1.29 is 18.0 Å². The lowest BCUT2D eigenvalue weighted by Crippen LogP contribution is -2.54. The number of amides is 2. The van der Waals surface area contributed by atoms with E-state index in [4.69, 9.17) is 0 Å². The molecular formula is C14H26N4O4S2. The normalized spacial score (nSPS) is 20.2. The maximum Gasteiger partial charge on any atom is 0.282 e. The van der Waals surface area contributed by atoms with E-state index in [-0.39, 0.29) is 11.1 Å². The summed E-state index contributed by atoms with van der Waals surface area (Å²) in [6.07, 6.45) is 0.301. The van der Waals surface area contributed by atoms with Crippen molar-refractivity contribution >= 4 is 33.1 Å². The molecular weight excluding hydrogens is 352 g/mol. The van der Waals surface area contributed by atoms with E-state index in [0.717, 1.165) is 5.75 Å². The van der Waals surface area contributed by atoms with Crippen LogP contribution in [0.4, 0.5) is 4.79 Å². The van der Waals surface area contributed by atoms with E-state index in [1.807, 2.05) is 13.8 Å². The maximum atomic E-state index is 12.5. The SMILES string of the molecule is CCN(CC)S(=O)(=O)N1CCN(C(=O)CCN2CCSC2=O)CC1. The van der Waals surface area contributed by atoms with E-state index >= 15 is 0 Å². The first kappa shape index (κ1) is 19.5. The average molecular weight is 379 g/mol. The summed E-state index contributed by atoms with van der Waals surface area (Å²) in [6.45, 7) is 7.13. The van der Waals surface area contributed by atoms with Gasteiger partial charge in [-0.15, -0.1) is 0 Å². The van der Waals surface area contributed by atoms with E-state index in [1.54, 1.807) is 9.80 Å². The number of hydrogen-bond acceptors (Lipinski definition) is 5. The zero-order valence-electron chi connectivity index (χ0n) is 14.3. The van der Waals surface area contributed by atoms with Gasteiger partial charge < -0.3 is 9.80 Å². The third-order valence-electron chi connectivity index (χ3n) is 4.39. The fourth-order valence-electron chi connectivity index (χ4n) is 2.90. The second-order valence-corrected chi connectivity index (χ2v) is 8.70. The van der Waals surface area contributed by atoms with Gasteiger partial charge >= 0.3 is 0 Å². The third-order valence-corrected chi connectivity index (χ3v) is 7.47. The Kier molecular flexibility index (Phi) is 6.90. The van der Waals surface area contributed by atoms with E-state index in [2.05, 4.69) is 0 Å². The molecule has 2 amide bonds. The molecule has 2 fully saturated rings. The molecule has 0 atom stereocenters. The van der Waals surface area contributed by atoms with Gasteiger partial charge in [0.25, 0.3) is 15.4 Å². The van der Waals surface area contributed by atoms with Gasteiger partial charge in [-0.1, -0.05) is 25.6 Å². The molecule has 2 heterocycles. The van der Waals surface area contributed by atoms with Crippen LogP contribution in [-0.4, -0.2) is 96.1 Å². The minimum absolute atomic E-state index is 0.0143. The largest absolute Gasteiger partial charge is 0.340 e. The Morgan fingerprint density at radius 2 is 1.75 bits per heavy atom. The quantitative estimate of drug-likeness (QED) is 0.635. The van der Waals surface area contributed by atoms with Crippen molar-refractivity contribution in [3.63, 3.8) is 0 Å². The predicted molar refractivity (Wildman–Crippen MR) is 94.0 cm³/mol. The molecule has 10 heteroatoms. The molecule has 24 heavy (non-hydrogen) atoms. The lowest BCUT2D eigenvalue weighted by molar-refractivity contribution is -0.132. The molecule has 0 aromatic heterocycles. The van der Waals surface area contributed by atoms with Crippen LogP contribution in [0, 0.1) is 0 Å². The molecule has 138 valence electrons. The van der Waals surface area contributed by atoms with Gasteiger partial charge in [0.2, 0.25) is 5.91 Å². The molecule has 2 saturated heterocycles. The Labute approximate surface area is 148 Å². The second-order valence-electron chi connectivity index (χ2n) is 5.72. The topological polar surface area (TPSA) is 81.2 Å². The summed E-state index contributed by atoms with van der Waals surface area (Å²) in [5.74, 6) is 0.772. The van der Waals surface area contributed by atoms with Crippen LogP contribution in [0.25, 0.3) is 0 Å². The molecule has 2 aliphatic heterocycles. The molecule has 0 aliphatic carbocycles. The summed E-state index contributed by atoms with van der Waals surface area (Å²) in [4.78, 5) is 27.2. The number of rotatable bonds is 7. The molecule has 0 aromatic rings. The van der Waals surface area contributed by atoms with E-state index < -0.39 is 10.2 Å². The highest BCUT2D eigenvalue weighted by atomic mass is 32.2. The second kappa shape index (κ2) is 8.50. The first-order chi connectivity index (χ1) is 11.4. The Balaban J connectivity index is 1.81. The van der Waals surface area contributed by atoms with Crippen molar-refractivity contribution in [3.8, 4) is 0 Å². The fraction of sp³-hybridized carbons (Fsp3) is 0.857. The third kappa shape index (κ3) is 4.41. The summed E-state index contributed by atoms with van der Waals surface area (Å²) in [7, 11) is -3.43. The smallest absolute Gasteiger partial charge is 0.282 e. The first-order valence-electron chi connectivity index (χ1n) is 8.34. The van der Waals surface area contributed by atoms with Crippen LogP contribution in [0.2, 0.25) is 0 Å². The highest BCUT2D eigenvalue weighted by molar-refractivity contribution is 8.13. The monoisotopic (exact) mass is 378 g/mol. The van der Waals surface area contributed by atoms with Crippen LogP contribution in [0.15, 0.2) is 0 Å². The van der Waals surface area contributed by atoms with Gasteiger partial charge in [-0.05, 0) is 0 Å². The van der Waals surface area contributed by atoms with E-state index in [0.29, 0.717) is 58.8 Å². The number of carbonyl (C=O) groups is 2. The molecule has 2 rings (SSSR count). The van der Waals surface area contributed by atoms with Gasteiger partial charge in [0.1, 0.15) is 0 Å². The number of thioether (sulfide) groups is 1. The maximum absolute atomic E-state index is 12.5. The van der Waals surface area contributed by atoms with Crippen molar-refractivity contribution in [2.75, 3.05) is 58.1 Å². The summed E-state index contributed by atoms with van der Waals surface area (Å²) in [6, 6.07) is 0. The Morgan fingerprint density at radius 1 is 1.12 bits per heavy atom. The summed E-state index contributed by atoms with van der Waals surface area (Å²) in [5, 5.41) is 0.0398. The zero-order chi connectivity index (χ0) is 17.7. The standard InChI is InChI=1S/C14H26N4O4S2/c1-3-17(4-2)24(21,22)18-9-7-15(8-10-18)13(19)5-6-16-11-12-23-14(16)20/h3-12H2,1-2H3. The lowest BCUT2D eigenvalue weighted by atomic mass is 10.3. The van der Waals surface area contributed by atoms with Crippen LogP contribution in [-0.2, 0) is 15.0 Å². The van der Waals surface area contributed by atoms with Gasteiger partial charge in [0.15, 0.2) is 0 Å². The van der Waals surface area contributed by atoms with Crippen molar-refractivity contribution in [2.45, 2.75) is 20.3 Å². The minimum Gasteiger partial charge on any atom is -0.340 e. The molecule has 0 aromatic carbocycles. The van der Waals surface area contributed by atoms with Crippen LogP contribution in [0.5, 0.6) is 0 Å². The number of piperazine rings is 1. The highest BCUT2D eigenvalue weighted by Crippen LogP contribution is 2.18. The van der Waals surface area contributed by atoms with Crippen molar-refractivity contribution in [1.82, 2.24) is 18.4 Å². The first-order valence-corrected chi connectivity index (χ1v) is 10.7. The summed E-state index contributed by atoms with van der Waals surface area (Å²) in [5.41, 5.74) is 0. The molecule has 0 N–H and O–H groups in total. The van der Waals surface area contributed by atoms with E-state index in [1.165, 1.54) is 20.4 Å². The fourth-order valence-corrected chi connectivity index (χ4v) is 5.35. The molecule has 8 nitrogen and oxygen atoms in total. The van der Waals surface area contributed by atoms with Gasteiger partial charge in [-0.3, -0.25) is 9.59 Å². The summed E-state index contributed by atoms with van der Waals surface area (Å²) >= 11 is 1.29. The molecule has 0 unspecified atom stereocenters. The van der Waals surface area contributed by atoms with Crippen LogP contribution >= 0.6 is 11.8 Å². The van der Waals surface area contributed by atoms with Gasteiger partial charge in [-0.25, -0.2) is 0 Å². The number of nitrogens with zero attached hydrogens (tertiary/aromatic N) is 4. The number of carbonyl (C=O) groups excluding carboxylic acids is 2. The Hall–Kier alpha value is -0.840. The minimum atomic E-state index is -3.43. The van der Waals surface area contributed by atoms with Crippen molar-refractivity contribution in [2.24, 2.45) is 0 Å². The van der Waals surface area contributed by atoms with Crippen molar-refractivity contribution in [1.29, 1.82) is 0 Å². The van der Waals surface area contributed by atoms with Gasteiger partial charge in [0.05, 0.1) is 0 Å². The number of hydrogen-bond donors (Lipinski definition) is 0. The Morgan fingerprint density at radius 3 is 2.25 bits per heavy atom. The average Bonchev–Trinajstić information content (AvgIpc) is 2.98. The molecule has 2 aliphatic rings. The van der Waals surface area contributed by atoms with Gasteiger partial charge in [-0.2, -0.15) is 17.0 Å². The van der Waals surface area contributed by atoms with Crippen molar-refractivity contribution in [3.05, 3.63) is 0 Å². The molecule has 0 bridgehead atoms. The zero-order valence-corrected chi connectivity index (χ0v) is 15.9. The highest BCUT2D eigenvalue weighted by Gasteiger charge is 2.32. The van der Waals surface area contributed by atoms with Crippen LogP contribution in [0.3, 0.4) is 0 Å². The van der Waals surface area contributed by atoms with Crippen LogP contribution < -0.4 is 0 Å². The van der Waals surface area contributed by atoms with Crippen LogP contribution in [0.1, 0.15) is 20.3 Å². The lowest BCUT2D eigenvalue weighted by Gasteiger charge is -2.36.